The highest BCUT2D eigenvalue weighted by molar-refractivity contribution is 5.89. The second-order valence-corrected chi connectivity index (χ2v) is 12.1. The Hall–Kier alpha value is -2.35. The van der Waals surface area contributed by atoms with E-state index < -0.39 is 6.04 Å². The number of carbonyl (C=O) groups excluding carboxylic acids is 2. The summed E-state index contributed by atoms with van der Waals surface area (Å²) in [6.45, 7) is 5.33. The van der Waals surface area contributed by atoms with E-state index in [0.717, 1.165) is 94.4 Å². The molecule has 3 N–H and O–H groups in total. The van der Waals surface area contributed by atoms with Crippen LogP contribution in [-0.4, -0.2) is 72.1 Å². The van der Waals surface area contributed by atoms with E-state index in [1.54, 1.807) is 6.07 Å². The van der Waals surface area contributed by atoms with Crippen LogP contribution in [0.25, 0.3) is 0 Å². The van der Waals surface area contributed by atoms with Crippen LogP contribution in [0, 0.1) is 18.7 Å². The summed E-state index contributed by atoms with van der Waals surface area (Å²) in [5.74, 6) is 0.0917. The Morgan fingerprint density at radius 2 is 1.84 bits per heavy atom. The van der Waals surface area contributed by atoms with Crippen molar-refractivity contribution in [1.82, 2.24) is 20.4 Å². The fourth-order valence-electron chi connectivity index (χ4n) is 7.92. The molecule has 0 aromatic heterocycles. The highest BCUT2D eigenvalue weighted by Crippen LogP contribution is 2.47. The van der Waals surface area contributed by atoms with Gasteiger partial charge in [-0.05, 0) is 63.0 Å². The van der Waals surface area contributed by atoms with Crippen LogP contribution in [0.5, 0.6) is 0 Å². The van der Waals surface area contributed by atoms with Gasteiger partial charge in [0.1, 0.15) is 11.9 Å². The smallest absolute Gasteiger partial charge is 0.317 e. The molecule has 6 rings (SSSR count). The molecule has 4 fully saturated rings. The first-order valence-corrected chi connectivity index (χ1v) is 14.6. The molecule has 2 saturated heterocycles. The highest BCUT2D eigenvalue weighted by atomic mass is 19.1. The minimum absolute atomic E-state index is 0.0327. The molecule has 202 valence electrons. The van der Waals surface area contributed by atoms with Crippen molar-refractivity contribution < 1.29 is 14.0 Å². The third-order valence-corrected chi connectivity index (χ3v) is 9.86. The number of hydrogen-bond acceptors (Lipinski definition) is 4. The van der Waals surface area contributed by atoms with Crippen molar-refractivity contribution >= 4 is 17.6 Å². The number of halogens is 1. The van der Waals surface area contributed by atoms with Crippen molar-refractivity contribution in [2.45, 2.75) is 101 Å². The van der Waals surface area contributed by atoms with Crippen molar-refractivity contribution in [2.24, 2.45) is 5.92 Å². The van der Waals surface area contributed by atoms with E-state index in [9.17, 15) is 9.59 Å². The molecule has 3 amide bonds. The lowest BCUT2D eigenvalue weighted by atomic mass is 9.78. The summed E-state index contributed by atoms with van der Waals surface area (Å²) in [6.07, 6.45) is 11.1. The van der Waals surface area contributed by atoms with Crippen molar-refractivity contribution in [3.8, 4) is 0 Å². The average molecular weight is 512 g/mol. The van der Waals surface area contributed by atoms with Gasteiger partial charge in [0.05, 0.1) is 6.04 Å². The molecule has 1 aromatic rings. The summed E-state index contributed by atoms with van der Waals surface area (Å²) < 4.78 is 15.2. The molecule has 1 aromatic carbocycles. The molecule has 2 unspecified atom stereocenters. The Morgan fingerprint density at radius 3 is 2.65 bits per heavy atom. The number of nitrogens with one attached hydrogen (secondary N) is 3. The zero-order chi connectivity index (χ0) is 25.5. The molecule has 0 spiro atoms. The van der Waals surface area contributed by atoms with Gasteiger partial charge in [0.25, 0.3) is 0 Å². The topological polar surface area (TPSA) is 76.7 Å². The minimum atomic E-state index is -0.409. The number of urea groups is 1. The standard InChI is InChI=1S/C29H42FN5O2/c1-18-11-12-23(30)25-24(19-7-4-2-3-5-8-19)27(33-26(18)25)28(36)32-20-9-6-10-21(15-20)34-13-14-35-22(17-34)16-31-29(35)37/h11-12,19-22,24,27,33H,2-10,13-17H2,1H3,(H,31,37)(H,32,36)/t20-,21-,22+,24?,27?/m1/s1. The van der Waals surface area contributed by atoms with E-state index in [4.69, 9.17) is 0 Å². The summed E-state index contributed by atoms with van der Waals surface area (Å²) in [5.41, 5.74) is 2.60. The summed E-state index contributed by atoms with van der Waals surface area (Å²) in [4.78, 5) is 30.4. The lowest BCUT2D eigenvalue weighted by molar-refractivity contribution is -0.123. The van der Waals surface area contributed by atoms with Gasteiger partial charge in [-0.15, -0.1) is 0 Å². The number of nitrogens with zero attached hydrogens (tertiary/aromatic N) is 2. The normalized spacial score (nSPS) is 32.8. The Bertz CT molecular complexity index is 1030. The number of piperazine rings is 1. The van der Waals surface area contributed by atoms with Gasteiger partial charge in [-0.1, -0.05) is 31.7 Å². The molecule has 5 atom stereocenters. The highest BCUT2D eigenvalue weighted by Gasteiger charge is 2.45. The van der Waals surface area contributed by atoms with E-state index >= 15 is 4.39 Å². The van der Waals surface area contributed by atoms with Crippen LogP contribution in [0.4, 0.5) is 14.9 Å². The van der Waals surface area contributed by atoms with Gasteiger partial charge in [0.2, 0.25) is 5.91 Å². The lowest BCUT2D eigenvalue weighted by Crippen LogP contribution is -2.57. The minimum Gasteiger partial charge on any atom is -0.373 e. The molecule has 3 heterocycles. The van der Waals surface area contributed by atoms with Crippen LogP contribution < -0.4 is 16.0 Å². The van der Waals surface area contributed by atoms with Gasteiger partial charge in [0.15, 0.2) is 0 Å². The van der Waals surface area contributed by atoms with E-state index in [-0.39, 0.29) is 35.8 Å². The van der Waals surface area contributed by atoms with Crippen LogP contribution in [-0.2, 0) is 4.79 Å². The number of rotatable bonds is 4. The van der Waals surface area contributed by atoms with Crippen molar-refractivity contribution in [3.05, 3.63) is 29.1 Å². The van der Waals surface area contributed by atoms with Gasteiger partial charge in [-0.25, -0.2) is 9.18 Å². The van der Waals surface area contributed by atoms with Gasteiger partial charge in [-0.2, -0.15) is 0 Å². The predicted molar refractivity (Wildman–Crippen MR) is 142 cm³/mol. The third-order valence-electron chi connectivity index (χ3n) is 9.86. The molecule has 2 saturated carbocycles. The zero-order valence-electron chi connectivity index (χ0n) is 22.1. The first-order chi connectivity index (χ1) is 18.0. The number of fused-ring (bicyclic) bond motifs is 2. The average Bonchev–Trinajstić information content (AvgIpc) is 3.38. The summed E-state index contributed by atoms with van der Waals surface area (Å²) >= 11 is 0. The lowest BCUT2D eigenvalue weighted by Gasteiger charge is -2.43. The zero-order valence-corrected chi connectivity index (χ0v) is 22.1. The molecule has 37 heavy (non-hydrogen) atoms. The Morgan fingerprint density at radius 1 is 1.03 bits per heavy atom. The van der Waals surface area contributed by atoms with Gasteiger partial charge in [0, 0.05) is 55.4 Å². The maximum absolute atomic E-state index is 15.2. The predicted octanol–water partition coefficient (Wildman–Crippen LogP) is 4.12. The fourth-order valence-corrected chi connectivity index (χ4v) is 7.92. The van der Waals surface area contributed by atoms with Crippen molar-refractivity contribution in [3.63, 3.8) is 0 Å². The Balaban J connectivity index is 1.15. The molecule has 7 nitrogen and oxygen atoms in total. The summed E-state index contributed by atoms with van der Waals surface area (Å²) in [6, 6.07) is 3.90. The first kappa shape index (κ1) is 25.0. The molecule has 2 aliphatic carbocycles. The summed E-state index contributed by atoms with van der Waals surface area (Å²) in [5, 5.41) is 9.88. The van der Waals surface area contributed by atoms with Crippen LogP contribution in [0.15, 0.2) is 12.1 Å². The summed E-state index contributed by atoms with van der Waals surface area (Å²) in [7, 11) is 0. The number of hydrogen-bond donors (Lipinski definition) is 3. The number of amides is 3. The van der Waals surface area contributed by atoms with E-state index in [2.05, 4.69) is 20.9 Å². The third kappa shape index (κ3) is 4.82. The molecular weight excluding hydrogens is 469 g/mol. The van der Waals surface area contributed by atoms with E-state index in [0.29, 0.717) is 12.0 Å². The van der Waals surface area contributed by atoms with E-state index in [1.165, 1.54) is 12.8 Å². The first-order valence-electron chi connectivity index (χ1n) is 14.6. The number of carbonyl (C=O) groups is 2. The second kappa shape index (κ2) is 10.4. The van der Waals surface area contributed by atoms with Crippen LogP contribution >= 0.6 is 0 Å². The largest absolute Gasteiger partial charge is 0.373 e. The Kier molecular flexibility index (Phi) is 7.03. The molecule has 5 aliphatic rings. The molecule has 8 heteroatoms. The van der Waals surface area contributed by atoms with Crippen molar-refractivity contribution in [1.29, 1.82) is 0 Å². The number of aryl methyl sites for hydroxylation is 1. The van der Waals surface area contributed by atoms with Crippen LogP contribution in [0.1, 0.15) is 81.3 Å². The van der Waals surface area contributed by atoms with Crippen molar-refractivity contribution in [2.75, 3.05) is 31.5 Å². The molecule has 3 aliphatic heterocycles. The van der Waals surface area contributed by atoms with Crippen LogP contribution in [0.3, 0.4) is 0 Å². The second-order valence-electron chi connectivity index (χ2n) is 12.1. The maximum atomic E-state index is 15.2. The van der Waals surface area contributed by atoms with Gasteiger partial charge >= 0.3 is 6.03 Å². The van der Waals surface area contributed by atoms with Gasteiger partial charge < -0.3 is 20.9 Å². The maximum Gasteiger partial charge on any atom is 0.317 e. The molecular formula is C29H42FN5O2. The van der Waals surface area contributed by atoms with Crippen LogP contribution in [0.2, 0.25) is 0 Å². The van der Waals surface area contributed by atoms with E-state index in [1.807, 2.05) is 17.9 Å². The molecule has 0 bridgehead atoms. The Labute approximate surface area is 219 Å². The quantitative estimate of drug-likeness (QED) is 0.532. The molecule has 0 radical (unpaired) electrons. The fraction of sp³-hybridized carbons (Fsp3) is 0.724. The number of anilines is 1. The SMILES string of the molecule is Cc1ccc(F)c2c1NC(C(=O)N[C@@H]1CCC[C@@H](N3CCN4C(=O)NC[C@H]4C3)C1)C2C1CCCCCC1. The van der Waals surface area contributed by atoms with Gasteiger partial charge in [-0.3, -0.25) is 9.69 Å². The monoisotopic (exact) mass is 511 g/mol. The number of benzene rings is 1.